The van der Waals surface area contributed by atoms with Gasteiger partial charge in [0, 0.05) is 0 Å². The quantitative estimate of drug-likeness (QED) is 0.381. The van der Waals surface area contributed by atoms with Crippen molar-refractivity contribution in [3.63, 3.8) is 0 Å². The second kappa shape index (κ2) is 6.65. The first-order valence-electron chi connectivity index (χ1n) is 5.26. The molecule has 0 radical (unpaired) electrons. The highest BCUT2D eigenvalue weighted by Gasteiger charge is 2.47. The Bertz CT molecular complexity index is 412. The van der Waals surface area contributed by atoms with Gasteiger partial charge >= 0.3 is 25.5 Å². The molecule has 0 rings (SSSR count). The maximum atomic E-state index is 11.1. The molecule has 110 valence electrons. The van der Waals surface area contributed by atoms with Gasteiger partial charge in [0.25, 0.3) is 0 Å². The zero-order valence-electron chi connectivity index (χ0n) is 9.96. The van der Waals surface area contributed by atoms with Crippen molar-refractivity contribution in [2.24, 2.45) is 11.8 Å². The van der Waals surface area contributed by atoms with Gasteiger partial charge in [-0.15, -0.1) is 0 Å². The molecule has 0 fully saturated rings. The molecule has 0 aliphatic carbocycles. The number of hydrogen-bond acceptors (Lipinski definition) is 4. The summed E-state index contributed by atoms with van der Waals surface area (Å²) in [5.74, 6) is -8.23. The fraction of sp³-hybridized carbons (Fsp3) is 0.667. The topological polar surface area (TPSA) is 169 Å². The van der Waals surface area contributed by atoms with Gasteiger partial charge in [-0.2, -0.15) is 0 Å². The van der Waals surface area contributed by atoms with E-state index in [9.17, 15) is 18.9 Å². The summed E-state index contributed by atoms with van der Waals surface area (Å²) >= 11 is 0. The Hall–Kier alpha value is -1.44. The maximum absolute atomic E-state index is 11.1. The summed E-state index contributed by atoms with van der Waals surface area (Å²) in [7, 11) is -5.21. The summed E-state index contributed by atoms with van der Waals surface area (Å²) in [5.41, 5.74) is -2.46. The molecule has 9 nitrogen and oxygen atoms in total. The van der Waals surface area contributed by atoms with Crippen molar-refractivity contribution in [2.75, 3.05) is 0 Å². The Kier molecular flexibility index (Phi) is 6.14. The van der Waals surface area contributed by atoms with Crippen molar-refractivity contribution >= 4 is 25.5 Å². The Morgan fingerprint density at radius 2 is 1.47 bits per heavy atom. The molecule has 0 aromatic heterocycles. The summed E-state index contributed by atoms with van der Waals surface area (Å²) in [5, 5.41) is 26.4. The van der Waals surface area contributed by atoms with E-state index in [2.05, 4.69) is 0 Å². The molecular formula is C9H15O9P. The van der Waals surface area contributed by atoms with Gasteiger partial charge in [-0.25, -0.2) is 0 Å². The molecule has 0 bridgehead atoms. The summed E-state index contributed by atoms with van der Waals surface area (Å²) in [6, 6.07) is 0. The van der Waals surface area contributed by atoms with E-state index in [1.54, 1.807) is 0 Å². The molecule has 0 saturated carbocycles. The molecule has 5 N–H and O–H groups in total. The van der Waals surface area contributed by atoms with Crippen molar-refractivity contribution in [1.29, 1.82) is 0 Å². The fourth-order valence-electron chi connectivity index (χ4n) is 1.66. The number of carbonyl (C=O) groups is 3. The van der Waals surface area contributed by atoms with E-state index in [0.717, 1.165) is 0 Å². The van der Waals surface area contributed by atoms with Crippen molar-refractivity contribution in [3.05, 3.63) is 0 Å². The van der Waals surface area contributed by atoms with Gasteiger partial charge in [-0.3, -0.25) is 18.9 Å². The van der Waals surface area contributed by atoms with E-state index in [1.807, 2.05) is 0 Å². The van der Waals surface area contributed by atoms with Gasteiger partial charge in [0.15, 0.2) is 5.66 Å². The number of rotatable bonds is 8. The lowest BCUT2D eigenvalue weighted by Crippen LogP contribution is -2.37. The van der Waals surface area contributed by atoms with Crippen LogP contribution in [0.3, 0.4) is 0 Å². The first-order valence-corrected chi connectivity index (χ1v) is 6.94. The van der Waals surface area contributed by atoms with E-state index in [4.69, 9.17) is 25.1 Å². The Labute approximate surface area is 108 Å². The Morgan fingerprint density at radius 3 is 1.68 bits per heavy atom. The van der Waals surface area contributed by atoms with Crippen LogP contribution in [-0.4, -0.2) is 48.7 Å². The van der Waals surface area contributed by atoms with Crippen molar-refractivity contribution < 1.29 is 44.1 Å². The highest BCUT2D eigenvalue weighted by atomic mass is 31.2. The van der Waals surface area contributed by atoms with Gasteiger partial charge in [0.2, 0.25) is 0 Å². The molecule has 10 heteroatoms. The predicted octanol–water partition coefficient (Wildman–Crippen LogP) is -0.181. The zero-order valence-corrected chi connectivity index (χ0v) is 10.9. The minimum Gasteiger partial charge on any atom is -0.481 e. The zero-order chi connectivity index (χ0) is 15.4. The molecule has 19 heavy (non-hydrogen) atoms. The van der Waals surface area contributed by atoms with E-state index < -0.39 is 49.4 Å². The van der Waals surface area contributed by atoms with Crippen LogP contribution in [0, 0.1) is 11.8 Å². The molecule has 0 spiro atoms. The summed E-state index contributed by atoms with van der Waals surface area (Å²) in [4.78, 5) is 50.4. The average molecular weight is 298 g/mol. The monoisotopic (exact) mass is 298 g/mol. The van der Waals surface area contributed by atoms with Gasteiger partial charge in [0.1, 0.15) is 0 Å². The number of carboxylic acids is 3. The van der Waals surface area contributed by atoms with E-state index >= 15 is 0 Å². The Morgan fingerprint density at radius 1 is 1.00 bits per heavy atom. The highest BCUT2D eigenvalue weighted by Crippen LogP contribution is 2.46. The minimum absolute atomic E-state index is 0.0204. The van der Waals surface area contributed by atoms with E-state index in [1.165, 1.54) is 6.92 Å². The number of carboxylic acid groups (broad SMARTS) is 3. The highest BCUT2D eigenvalue weighted by molar-refractivity contribution is 7.53. The maximum Gasteiger partial charge on any atom is 0.340 e. The van der Waals surface area contributed by atoms with Gasteiger partial charge in [-0.1, -0.05) is 6.92 Å². The Balaban J connectivity index is 5.41. The predicted molar refractivity (Wildman–Crippen MR) is 60.6 cm³/mol. The molecule has 0 aromatic rings. The van der Waals surface area contributed by atoms with Crippen LogP contribution in [0.2, 0.25) is 0 Å². The van der Waals surface area contributed by atoms with Crippen LogP contribution in [-0.2, 0) is 18.9 Å². The van der Waals surface area contributed by atoms with Crippen molar-refractivity contribution in [1.82, 2.24) is 0 Å². The molecule has 0 amide bonds. The van der Waals surface area contributed by atoms with Crippen LogP contribution < -0.4 is 0 Å². The van der Waals surface area contributed by atoms with Crippen LogP contribution in [0.15, 0.2) is 0 Å². The van der Waals surface area contributed by atoms with Crippen LogP contribution in [0.25, 0.3) is 0 Å². The molecule has 0 aliphatic heterocycles. The van der Waals surface area contributed by atoms with Gasteiger partial charge in [0.05, 0.1) is 11.8 Å². The third-order valence-corrected chi connectivity index (χ3v) is 4.00. The molecule has 3 atom stereocenters. The van der Waals surface area contributed by atoms with E-state index in [0.29, 0.717) is 0 Å². The smallest absolute Gasteiger partial charge is 0.340 e. The molecule has 0 saturated heterocycles. The van der Waals surface area contributed by atoms with Crippen LogP contribution in [0.1, 0.15) is 19.8 Å². The normalized spacial score (nSPS) is 16.4. The molecule has 3 unspecified atom stereocenters. The third kappa shape index (κ3) is 4.98. The fourth-order valence-corrected chi connectivity index (χ4v) is 2.67. The summed E-state index contributed by atoms with van der Waals surface area (Å²) in [6.45, 7) is 1.45. The van der Waals surface area contributed by atoms with Crippen molar-refractivity contribution in [3.8, 4) is 0 Å². The SMILES string of the molecule is CCC(CC(C(=O)O)C(C(=O)O)P(=O)(O)O)C(=O)O. The number of hydrogen-bond donors (Lipinski definition) is 5. The lowest BCUT2D eigenvalue weighted by atomic mass is 9.90. The first-order chi connectivity index (χ1) is 8.52. The van der Waals surface area contributed by atoms with Crippen LogP contribution in [0.4, 0.5) is 0 Å². The van der Waals surface area contributed by atoms with Crippen LogP contribution >= 0.6 is 7.60 Å². The largest absolute Gasteiger partial charge is 0.481 e. The standard InChI is InChI=1S/C9H15O9P/c1-2-4(7(10)11)3-5(8(12)13)6(9(14)15)19(16,17)18/h4-6H,2-3H2,1H3,(H,10,11)(H,12,13)(H,14,15)(H2,16,17,18). The van der Waals surface area contributed by atoms with E-state index in [-0.39, 0.29) is 6.42 Å². The molecule has 0 heterocycles. The van der Waals surface area contributed by atoms with Gasteiger partial charge < -0.3 is 25.1 Å². The summed E-state index contributed by atoms with van der Waals surface area (Å²) < 4.78 is 11.1. The van der Waals surface area contributed by atoms with Crippen molar-refractivity contribution in [2.45, 2.75) is 25.4 Å². The molecular weight excluding hydrogens is 283 g/mol. The second-order valence-electron chi connectivity index (χ2n) is 4.00. The van der Waals surface area contributed by atoms with Crippen LogP contribution in [0.5, 0.6) is 0 Å². The lowest BCUT2D eigenvalue weighted by Gasteiger charge is -2.23. The second-order valence-corrected chi connectivity index (χ2v) is 5.73. The molecule has 0 aromatic carbocycles. The molecule has 0 aliphatic rings. The summed E-state index contributed by atoms with van der Waals surface area (Å²) in [6.07, 6.45) is -0.643. The average Bonchev–Trinajstić information content (AvgIpc) is 2.20. The minimum atomic E-state index is -5.21. The number of aliphatic carboxylic acids is 3. The third-order valence-electron chi connectivity index (χ3n) is 2.69. The lowest BCUT2D eigenvalue weighted by molar-refractivity contribution is -0.151. The van der Waals surface area contributed by atoms with Gasteiger partial charge in [-0.05, 0) is 12.8 Å². The first kappa shape index (κ1) is 17.6.